The van der Waals surface area contributed by atoms with E-state index in [1.807, 2.05) is 13.0 Å². The van der Waals surface area contributed by atoms with E-state index < -0.39 is 5.60 Å². The van der Waals surface area contributed by atoms with E-state index in [9.17, 15) is 5.11 Å². The SMILES string of the molecule is Cc1ccc(OCCC(C)(C)O)c(CO)n1. The quantitative estimate of drug-likeness (QED) is 0.795. The second-order valence-electron chi connectivity index (χ2n) is 4.47. The zero-order chi connectivity index (χ0) is 12.2. The summed E-state index contributed by atoms with van der Waals surface area (Å²) in [6.45, 7) is 5.59. The minimum atomic E-state index is -0.739. The number of rotatable bonds is 5. The molecule has 1 aromatic heterocycles. The zero-order valence-electron chi connectivity index (χ0n) is 10.0. The Morgan fingerprint density at radius 1 is 1.38 bits per heavy atom. The van der Waals surface area contributed by atoms with Gasteiger partial charge in [-0.25, -0.2) is 0 Å². The van der Waals surface area contributed by atoms with Crippen LogP contribution < -0.4 is 4.74 Å². The van der Waals surface area contributed by atoms with Gasteiger partial charge in [-0.05, 0) is 32.9 Å². The van der Waals surface area contributed by atoms with Crippen molar-refractivity contribution in [3.8, 4) is 5.75 Å². The van der Waals surface area contributed by atoms with Crippen molar-refractivity contribution in [3.63, 3.8) is 0 Å². The van der Waals surface area contributed by atoms with Crippen molar-refractivity contribution < 1.29 is 14.9 Å². The Balaban J connectivity index is 2.60. The number of aryl methyl sites for hydroxylation is 1. The van der Waals surface area contributed by atoms with Gasteiger partial charge in [-0.15, -0.1) is 0 Å². The number of aromatic nitrogens is 1. The maximum atomic E-state index is 9.52. The first-order valence-corrected chi connectivity index (χ1v) is 5.35. The molecule has 0 spiro atoms. The molecule has 2 N–H and O–H groups in total. The van der Waals surface area contributed by atoms with Crippen molar-refractivity contribution >= 4 is 0 Å². The maximum Gasteiger partial charge on any atom is 0.143 e. The molecule has 0 unspecified atom stereocenters. The fraction of sp³-hybridized carbons (Fsp3) is 0.583. The van der Waals surface area contributed by atoms with Crippen LogP contribution in [0.25, 0.3) is 0 Å². The molecule has 4 heteroatoms. The lowest BCUT2D eigenvalue weighted by Crippen LogP contribution is -2.22. The molecule has 0 bridgehead atoms. The van der Waals surface area contributed by atoms with Crippen LogP contribution in [0.1, 0.15) is 31.7 Å². The van der Waals surface area contributed by atoms with E-state index >= 15 is 0 Å². The van der Waals surface area contributed by atoms with Crippen LogP contribution in [-0.2, 0) is 6.61 Å². The summed E-state index contributed by atoms with van der Waals surface area (Å²) in [7, 11) is 0. The van der Waals surface area contributed by atoms with Crippen LogP contribution in [0, 0.1) is 6.92 Å². The van der Waals surface area contributed by atoms with E-state index in [1.54, 1.807) is 19.9 Å². The van der Waals surface area contributed by atoms with Crippen LogP contribution in [0.4, 0.5) is 0 Å². The fourth-order valence-corrected chi connectivity index (χ4v) is 1.25. The van der Waals surface area contributed by atoms with E-state index in [4.69, 9.17) is 9.84 Å². The molecular formula is C12H19NO3. The Labute approximate surface area is 95.9 Å². The third-order valence-electron chi connectivity index (χ3n) is 2.19. The molecule has 16 heavy (non-hydrogen) atoms. The number of nitrogens with zero attached hydrogens (tertiary/aromatic N) is 1. The van der Waals surface area contributed by atoms with E-state index in [2.05, 4.69) is 4.98 Å². The van der Waals surface area contributed by atoms with Crippen LogP contribution in [0.3, 0.4) is 0 Å². The van der Waals surface area contributed by atoms with Gasteiger partial charge in [-0.2, -0.15) is 0 Å². The van der Waals surface area contributed by atoms with E-state index in [0.29, 0.717) is 24.5 Å². The lowest BCUT2D eigenvalue weighted by Gasteiger charge is -2.17. The van der Waals surface area contributed by atoms with Crippen LogP contribution in [0.5, 0.6) is 5.75 Å². The first-order chi connectivity index (χ1) is 7.42. The summed E-state index contributed by atoms with van der Waals surface area (Å²) in [4.78, 5) is 4.17. The Hall–Kier alpha value is -1.13. The van der Waals surface area contributed by atoms with Crippen molar-refractivity contribution in [1.29, 1.82) is 0 Å². The summed E-state index contributed by atoms with van der Waals surface area (Å²) in [6.07, 6.45) is 0.533. The van der Waals surface area contributed by atoms with Gasteiger partial charge >= 0.3 is 0 Å². The molecule has 0 fully saturated rings. The van der Waals surface area contributed by atoms with Gasteiger partial charge < -0.3 is 14.9 Å². The molecule has 0 aliphatic heterocycles. The average molecular weight is 225 g/mol. The topological polar surface area (TPSA) is 62.6 Å². The third-order valence-corrected chi connectivity index (χ3v) is 2.19. The fourth-order valence-electron chi connectivity index (χ4n) is 1.25. The van der Waals surface area contributed by atoms with Crippen LogP contribution in [0.15, 0.2) is 12.1 Å². The summed E-state index contributed by atoms with van der Waals surface area (Å²) >= 11 is 0. The number of hydrogen-bond acceptors (Lipinski definition) is 4. The second-order valence-corrected chi connectivity index (χ2v) is 4.47. The molecular weight excluding hydrogens is 206 g/mol. The standard InChI is InChI=1S/C12H19NO3/c1-9-4-5-11(10(8-14)13-9)16-7-6-12(2,3)15/h4-5,14-15H,6-8H2,1-3H3. The van der Waals surface area contributed by atoms with Gasteiger partial charge in [0, 0.05) is 12.1 Å². The van der Waals surface area contributed by atoms with Crippen molar-refractivity contribution in [2.45, 2.75) is 39.4 Å². The summed E-state index contributed by atoms with van der Waals surface area (Å²) in [5, 5.41) is 18.6. The van der Waals surface area contributed by atoms with Gasteiger partial charge in [-0.1, -0.05) is 0 Å². The molecule has 0 atom stereocenters. The van der Waals surface area contributed by atoms with Gasteiger partial charge in [0.25, 0.3) is 0 Å². The van der Waals surface area contributed by atoms with Gasteiger partial charge in [0.2, 0.25) is 0 Å². The van der Waals surface area contributed by atoms with Crippen molar-refractivity contribution in [2.24, 2.45) is 0 Å². The largest absolute Gasteiger partial charge is 0.491 e. The summed E-state index contributed by atoms with van der Waals surface area (Å²) in [5.41, 5.74) is 0.645. The van der Waals surface area contributed by atoms with Crippen LogP contribution >= 0.6 is 0 Å². The minimum absolute atomic E-state index is 0.139. The molecule has 0 aromatic carbocycles. The van der Waals surface area contributed by atoms with Crippen molar-refractivity contribution in [3.05, 3.63) is 23.5 Å². The average Bonchev–Trinajstić information content (AvgIpc) is 2.18. The van der Waals surface area contributed by atoms with Gasteiger partial charge in [0.15, 0.2) is 0 Å². The Morgan fingerprint density at radius 3 is 2.62 bits per heavy atom. The smallest absolute Gasteiger partial charge is 0.143 e. The molecule has 0 radical (unpaired) electrons. The monoisotopic (exact) mass is 225 g/mol. The molecule has 4 nitrogen and oxygen atoms in total. The number of aliphatic hydroxyl groups is 2. The molecule has 1 aromatic rings. The number of aliphatic hydroxyl groups excluding tert-OH is 1. The second kappa shape index (κ2) is 5.27. The minimum Gasteiger partial charge on any atom is -0.491 e. The van der Waals surface area contributed by atoms with Gasteiger partial charge in [-0.3, -0.25) is 4.98 Å². The molecule has 0 saturated heterocycles. The third kappa shape index (κ3) is 4.16. The Bertz CT molecular complexity index is 345. The molecule has 90 valence electrons. The Morgan fingerprint density at radius 2 is 2.06 bits per heavy atom. The van der Waals surface area contributed by atoms with E-state index in [-0.39, 0.29) is 6.61 Å². The lowest BCUT2D eigenvalue weighted by atomic mass is 10.1. The molecule has 0 aliphatic rings. The van der Waals surface area contributed by atoms with E-state index in [0.717, 1.165) is 5.69 Å². The predicted molar refractivity (Wildman–Crippen MR) is 61.3 cm³/mol. The summed E-state index contributed by atoms with van der Waals surface area (Å²) in [5.74, 6) is 0.581. The van der Waals surface area contributed by atoms with Crippen LogP contribution in [-0.4, -0.2) is 27.4 Å². The summed E-state index contributed by atoms with van der Waals surface area (Å²) < 4.78 is 5.48. The molecule has 1 rings (SSSR count). The predicted octanol–water partition coefficient (Wildman–Crippen LogP) is 1.42. The lowest BCUT2D eigenvalue weighted by molar-refractivity contribution is 0.0549. The van der Waals surface area contributed by atoms with E-state index in [1.165, 1.54) is 0 Å². The maximum absolute atomic E-state index is 9.52. The number of pyridine rings is 1. The van der Waals surface area contributed by atoms with Gasteiger partial charge in [0.1, 0.15) is 11.4 Å². The zero-order valence-corrected chi connectivity index (χ0v) is 10.0. The summed E-state index contributed by atoms with van der Waals surface area (Å²) in [6, 6.07) is 3.62. The Kier molecular flexibility index (Phi) is 4.26. The molecule has 0 aliphatic carbocycles. The number of hydrogen-bond donors (Lipinski definition) is 2. The van der Waals surface area contributed by atoms with Crippen LogP contribution in [0.2, 0.25) is 0 Å². The molecule has 1 heterocycles. The highest BCUT2D eigenvalue weighted by Gasteiger charge is 2.13. The number of ether oxygens (including phenoxy) is 1. The first kappa shape index (κ1) is 12.9. The molecule has 0 saturated carbocycles. The van der Waals surface area contributed by atoms with Crippen molar-refractivity contribution in [2.75, 3.05) is 6.61 Å². The first-order valence-electron chi connectivity index (χ1n) is 5.35. The van der Waals surface area contributed by atoms with Gasteiger partial charge in [0.05, 0.1) is 18.8 Å². The highest BCUT2D eigenvalue weighted by Crippen LogP contribution is 2.18. The normalized spacial score (nSPS) is 11.6. The van der Waals surface area contributed by atoms with Crippen molar-refractivity contribution in [1.82, 2.24) is 4.98 Å². The molecule has 0 amide bonds. The highest BCUT2D eigenvalue weighted by atomic mass is 16.5. The highest BCUT2D eigenvalue weighted by molar-refractivity contribution is 5.28.